The molecule has 0 heterocycles. The summed E-state index contributed by atoms with van der Waals surface area (Å²) in [6, 6.07) is 2.98. The Morgan fingerprint density at radius 3 is 2.50 bits per heavy atom. The van der Waals surface area contributed by atoms with E-state index in [1.165, 1.54) is 19.2 Å². The molecule has 0 aliphatic heterocycles. The van der Waals surface area contributed by atoms with Gasteiger partial charge in [0.2, 0.25) is 0 Å². The van der Waals surface area contributed by atoms with Gasteiger partial charge in [0.05, 0.1) is 30.9 Å². The number of nitrogens with one attached hydrogen (secondary N) is 1. The first-order chi connectivity index (χ1) is 12.2. The van der Waals surface area contributed by atoms with Crippen LogP contribution in [0.4, 0.5) is 4.79 Å². The number of ether oxygens (including phenoxy) is 4. The summed E-state index contributed by atoms with van der Waals surface area (Å²) in [6.45, 7) is 8.06. The van der Waals surface area contributed by atoms with E-state index in [4.69, 9.17) is 30.5 Å². The molecule has 0 saturated heterocycles. The van der Waals surface area contributed by atoms with E-state index in [1.807, 2.05) is 6.92 Å². The number of alkyl carbamates (subject to hydrolysis) is 1. The molecule has 0 unspecified atom stereocenters. The molecule has 1 aromatic carbocycles. The van der Waals surface area contributed by atoms with Crippen LogP contribution in [0, 0.1) is 0 Å². The summed E-state index contributed by atoms with van der Waals surface area (Å²) in [4.78, 5) is 23.6. The number of hydrogen-bond acceptors (Lipinski definition) is 6. The summed E-state index contributed by atoms with van der Waals surface area (Å²) in [7, 11) is 1.46. The van der Waals surface area contributed by atoms with Crippen LogP contribution in [0.15, 0.2) is 12.1 Å². The van der Waals surface area contributed by atoms with Gasteiger partial charge in [-0.2, -0.15) is 0 Å². The van der Waals surface area contributed by atoms with Crippen molar-refractivity contribution in [1.29, 1.82) is 0 Å². The van der Waals surface area contributed by atoms with Gasteiger partial charge in [0, 0.05) is 6.54 Å². The summed E-state index contributed by atoms with van der Waals surface area (Å²) in [5.41, 5.74) is -0.293. The molecule has 0 atom stereocenters. The number of amides is 1. The predicted molar refractivity (Wildman–Crippen MR) is 98.3 cm³/mol. The Kier molecular flexibility index (Phi) is 8.51. The SMILES string of the molecule is CCOc1c(Cl)cc(C(=O)OCCCNC(=O)OC(C)(C)C)cc1OC. The van der Waals surface area contributed by atoms with Crippen LogP contribution in [-0.4, -0.2) is 44.5 Å². The first-order valence-corrected chi connectivity index (χ1v) is 8.70. The van der Waals surface area contributed by atoms with Crippen molar-refractivity contribution in [2.75, 3.05) is 26.9 Å². The van der Waals surface area contributed by atoms with Crippen LogP contribution in [0.3, 0.4) is 0 Å². The highest BCUT2D eigenvalue weighted by atomic mass is 35.5. The second-order valence-corrected chi connectivity index (χ2v) is 6.75. The molecule has 0 spiro atoms. The van der Waals surface area contributed by atoms with Crippen molar-refractivity contribution in [1.82, 2.24) is 5.32 Å². The summed E-state index contributed by atoms with van der Waals surface area (Å²) in [6.07, 6.45) is -0.0563. The second-order valence-electron chi connectivity index (χ2n) is 6.34. The van der Waals surface area contributed by atoms with Crippen molar-refractivity contribution in [2.45, 2.75) is 39.7 Å². The van der Waals surface area contributed by atoms with Gasteiger partial charge in [0.25, 0.3) is 0 Å². The molecular weight excluding hydrogens is 362 g/mol. The maximum absolute atomic E-state index is 12.1. The molecule has 0 fully saturated rings. The average molecular weight is 388 g/mol. The van der Waals surface area contributed by atoms with E-state index in [-0.39, 0.29) is 17.2 Å². The Morgan fingerprint density at radius 2 is 1.92 bits per heavy atom. The van der Waals surface area contributed by atoms with Crippen molar-refractivity contribution in [2.24, 2.45) is 0 Å². The van der Waals surface area contributed by atoms with Gasteiger partial charge in [-0.25, -0.2) is 9.59 Å². The topological polar surface area (TPSA) is 83.1 Å². The lowest BCUT2D eigenvalue weighted by Gasteiger charge is -2.19. The molecule has 0 aliphatic rings. The number of benzene rings is 1. The van der Waals surface area contributed by atoms with Gasteiger partial charge >= 0.3 is 12.1 Å². The summed E-state index contributed by atoms with van der Waals surface area (Å²) >= 11 is 6.13. The third kappa shape index (κ3) is 7.39. The third-order valence-electron chi connectivity index (χ3n) is 2.98. The van der Waals surface area contributed by atoms with Crippen molar-refractivity contribution < 1.29 is 28.5 Å². The monoisotopic (exact) mass is 387 g/mol. The van der Waals surface area contributed by atoms with E-state index in [1.54, 1.807) is 20.8 Å². The van der Waals surface area contributed by atoms with Gasteiger partial charge in [-0.15, -0.1) is 0 Å². The first-order valence-electron chi connectivity index (χ1n) is 8.32. The molecule has 1 rings (SSSR count). The number of carbonyl (C=O) groups is 2. The fourth-order valence-electron chi connectivity index (χ4n) is 1.95. The van der Waals surface area contributed by atoms with Gasteiger partial charge in [0.15, 0.2) is 11.5 Å². The second kappa shape index (κ2) is 10.1. The zero-order valence-corrected chi connectivity index (χ0v) is 16.6. The molecule has 0 bridgehead atoms. The molecule has 0 radical (unpaired) electrons. The molecular formula is C18H26ClNO6. The van der Waals surface area contributed by atoms with Crippen molar-refractivity contribution in [3.8, 4) is 11.5 Å². The standard InChI is InChI=1S/C18H26ClNO6/c1-6-24-15-13(19)10-12(11-14(15)23-5)16(21)25-9-7-8-20-17(22)26-18(2,3)4/h10-11H,6-9H2,1-5H3,(H,20,22). The highest BCUT2D eigenvalue weighted by molar-refractivity contribution is 6.32. The maximum Gasteiger partial charge on any atom is 0.407 e. The van der Waals surface area contributed by atoms with Gasteiger partial charge in [-0.3, -0.25) is 0 Å². The molecule has 1 amide bonds. The predicted octanol–water partition coefficient (Wildman–Crippen LogP) is 3.82. The summed E-state index contributed by atoms with van der Waals surface area (Å²) in [5, 5.41) is 2.86. The fraction of sp³-hybridized carbons (Fsp3) is 0.556. The molecule has 0 saturated carbocycles. The van der Waals surface area contributed by atoms with Crippen LogP contribution in [0.1, 0.15) is 44.5 Å². The van der Waals surface area contributed by atoms with Crippen LogP contribution in [-0.2, 0) is 9.47 Å². The Labute approximate surface area is 158 Å². The van der Waals surface area contributed by atoms with Crippen LogP contribution in [0.5, 0.6) is 11.5 Å². The van der Waals surface area contributed by atoms with Crippen molar-refractivity contribution >= 4 is 23.7 Å². The minimum Gasteiger partial charge on any atom is -0.493 e. The molecule has 146 valence electrons. The Hall–Kier alpha value is -2.15. The molecule has 0 aromatic heterocycles. The van der Waals surface area contributed by atoms with Gasteiger partial charge in [-0.1, -0.05) is 11.6 Å². The van der Waals surface area contributed by atoms with E-state index in [0.717, 1.165) is 0 Å². The number of esters is 1. The Bertz CT molecular complexity index is 627. The van der Waals surface area contributed by atoms with Crippen molar-refractivity contribution in [3.63, 3.8) is 0 Å². The fourth-order valence-corrected chi connectivity index (χ4v) is 2.21. The molecule has 7 nitrogen and oxygen atoms in total. The summed E-state index contributed by atoms with van der Waals surface area (Å²) < 4.78 is 20.9. The lowest BCUT2D eigenvalue weighted by molar-refractivity contribution is 0.0483. The Balaban J connectivity index is 2.49. The van der Waals surface area contributed by atoms with Crippen LogP contribution in [0.25, 0.3) is 0 Å². The molecule has 1 aromatic rings. The number of halogens is 1. The molecule has 1 N–H and O–H groups in total. The minimum atomic E-state index is -0.553. The zero-order chi connectivity index (χ0) is 19.7. The van der Waals surface area contributed by atoms with Crippen LogP contribution < -0.4 is 14.8 Å². The number of rotatable bonds is 8. The van der Waals surface area contributed by atoms with Crippen LogP contribution >= 0.6 is 11.6 Å². The van der Waals surface area contributed by atoms with E-state index in [2.05, 4.69) is 5.32 Å². The highest BCUT2D eigenvalue weighted by Crippen LogP contribution is 2.36. The number of hydrogen-bond donors (Lipinski definition) is 1. The lowest BCUT2D eigenvalue weighted by atomic mass is 10.2. The first kappa shape index (κ1) is 21.9. The zero-order valence-electron chi connectivity index (χ0n) is 15.8. The molecule has 0 aliphatic carbocycles. The van der Waals surface area contributed by atoms with Gasteiger partial charge in [-0.05, 0) is 46.2 Å². The quantitative estimate of drug-likeness (QED) is 0.539. The smallest absolute Gasteiger partial charge is 0.407 e. The minimum absolute atomic E-state index is 0.141. The average Bonchev–Trinajstić information content (AvgIpc) is 2.54. The normalized spacial score (nSPS) is 10.8. The van der Waals surface area contributed by atoms with Crippen molar-refractivity contribution in [3.05, 3.63) is 22.7 Å². The molecule has 8 heteroatoms. The third-order valence-corrected chi connectivity index (χ3v) is 3.26. The van der Waals surface area contributed by atoms with E-state index < -0.39 is 17.7 Å². The van der Waals surface area contributed by atoms with E-state index >= 15 is 0 Å². The summed E-state index contributed by atoms with van der Waals surface area (Å²) in [5.74, 6) is 0.207. The maximum atomic E-state index is 12.1. The van der Waals surface area contributed by atoms with Gasteiger partial charge in [0.1, 0.15) is 5.60 Å². The Morgan fingerprint density at radius 1 is 1.23 bits per heavy atom. The van der Waals surface area contributed by atoms with E-state index in [0.29, 0.717) is 31.1 Å². The highest BCUT2D eigenvalue weighted by Gasteiger charge is 2.17. The number of carbonyl (C=O) groups excluding carboxylic acids is 2. The lowest BCUT2D eigenvalue weighted by Crippen LogP contribution is -2.33. The largest absolute Gasteiger partial charge is 0.493 e. The van der Waals surface area contributed by atoms with Crippen LogP contribution in [0.2, 0.25) is 5.02 Å². The van der Waals surface area contributed by atoms with E-state index in [9.17, 15) is 9.59 Å². The van der Waals surface area contributed by atoms with Gasteiger partial charge < -0.3 is 24.3 Å². The molecule has 26 heavy (non-hydrogen) atoms. The number of methoxy groups -OCH3 is 1.